The minimum atomic E-state index is -3.02. The molecule has 2 N–H and O–H groups in total. The molecular formula is C16H33IN4O4S. The number of aliphatic imine (C=N–C) groups is 1. The van der Waals surface area contributed by atoms with Crippen molar-refractivity contribution in [3.63, 3.8) is 0 Å². The smallest absolute Gasteiger partial charge is 0.407 e. The summed E-state index contributed by atoms with van der Waals surface area (Å²) in [5.74, 6) is 0.860. The highest BCUT2D eigenvalue weighted by Crippen LogP contribution is 2.12. The van der Waals surface area contributed by atoms with E-state index in [-0.39, 0.29) is 48.1 Å². The number of carbonyl (C=O) groups is 1. The lowest BCUT2D eigenvalue weighted by Gasteiger charge is -2.23. The van der Waals surface area contributed by atoms with E-state index in [2.05, 4.69) is 15.6 Å². The van der Waals surface area contributed by atoms with Crippen molar-refractivity contribution in [3.05, 3.63) is 0 Å². The maximum absolute atomic E-state index is 11.9. The van der Waals surface area contributed by atoms with Crippen LogP contribution in [0.3, 0.4) is 0 Å². The van der Waals surface area contributed by atoms with Crippen molar-refractivity contribution in [1.29, 1.82) is 0 Å². The number of ether oxygens (including phenoxy) is 1. The summed E-state index contributed by atoms with van der Waals surface area (Å²) in [5.41, 5.74) is -0.524. The molecule has 154 valence electrons. The van der Waals surface area contributed by atoms with Crippen molar-refractivity contribution in [2.75, 3.05) is 37.7 Å². The van der Waals surface area contributed by atoms with Crippen molar-refractivity contribution in [3.8, 4) is 0 Å². The van der Waals surface area contributed by atoms with Gasteiger partial charge in [0.05, 0.1) is 18.3 Å². The van der Waals surface area contributed by atoms with Crippen LogP contribution >= 0.6 is 24.0 Å². The highest BCUT2D eigenvalue weighted by Gasteiger charge is 2.27. The standard InChI is InChI=1S/C16H32N4O4S.HI/c1-6-17-14(18-9-11-25(22,23)7-2)20-10-8-13(12-20)19-15(21)24-16(3,4)5;/h13H,6-12H2,1-5H3,(H,17,18)(H,19,21);1H. The minimum Gasteiger partial charge on any atom is -0.444 e. The van der Waals surface area contributed by atoms with Gasteiger partial charge in [-0.25, -0.2) is 13.2 Å². The topological polar surface area (TPSA) is 100 Å². The van der Waals surface area contributed by atoms with Crippen molar-refractivity contribution >= 4 is 45.9 Å². The third-order valence-electron chi connectivity index (χ3n) is 3.65. The monoisotopic (exact) mass is 504 g/mol. The zero-order valence-electron chi connectivity index (χ0n) is 16.4. The number of sulfone groups is 1. The number of amides is 1. The molecule has 1 unspecified atom stereocenters. The zero-order valence-corrected chi connectivity index (χ0v) is 19.5. The first-order valence-corrected chi connectivity index (χ1v) is 10.6. The molecule has 1 rings (SSSR count). The van der Waals surface area contributed by atoms with Crippen molar-refractivity contribution in [2.45, 2.75) is 52.7 Å². The molecule has 0 aromatic rings. The second-order valence-corrected chi connectivity index (χ2v) is 9.52. The molecule has 1 atom stereocenters. The summed E-state index contributed by atoms with van der Waals surface area (Å²) in [6.45, 7) is 11.4. The van der Waals surface area contributed by atoms with E-state index in [1.165, 1.54) is 0 Å². The highest BCUT2D eigenvalue weighted by molar-refractivity contribution is 14.0. The fourth-order valence-electron chi connectivity index (χ4n) is 2.41. The average Bonchev–Trinajstić information content (AvgIpc) is 2.92. The molecule has 0 spiro atoms. The van der Waals surface area contributed by atoms with Crippen LogP contribution in [0.5, 0.6) is 0 Å². The van der Waals surface area contributed by atoms with Crippen LogP contribution in [0, 0.1) is 0 Å². The van der Waals surface area contributed by atoms with Crippen molar-refractivity contribution in [2.24, 2.45) is 4.99 Å². The molecule has 10 heteroatoms. The Morgan fingerprint density at radius 3 is 2.50 bits per heavy atom. The van der Waals surface area contributed by atoms with Crippen LogP contribution in [-0.4, -0.2) is 74.7 Å². The van der Waals surface area contributed by atoms with Crippen LogP contribution in [0.1, 0.15) is 41.0 Å². The molecule has 0 aromatic heterocycles. The number of likely N-dealkylation sites (tertiary alicyclic amines) is 1. The SMILES string of the molecule is CCNC(=NCCS(=O)(=O)CC)N1CCC(NC(=O)OC(C)(C)C)C1.I. The predicted molar refractivity (Wildman–Crippen MR) is 115 cm³/mol. The third-order valence-corrected chi connectivity index (χ3v) is 5.33. The Labute approximate surface area is 174 Å². The van der Waals surface area contributed by atoms with Gasteiger partial charge in [-0.3, -0.25) is 4.99 Å². The Morgan fingerprint density at radius 1 is 1.31 bits per heavy atom. The number of nitrogens with one attached hydrogen (secondary N) is 2. The number of rotatable bonds is 6. The Balaban J connectivity index is 0.00000625. The molecule has 1 aliphatic rings. The quantitative estimate of drug-likeness (QED) is 0.324. The van der Waals surface area contributed by atoms with Crippen LogP contribution in [0.15, 0.2) is 4.99 Å². The molecule has 1 amide bonds. The summed E-state index contributed by atoms with van der Waals surface area (Å²) in [6, 6.07) is -0.0157. The summed E-state index contributed by atoms with van der Waals surface area (Å²) in [5, 5.41) is 6.05. The first-order valence-electron chi connectivity index (χ1n) is 8.79. The normalized spacial score (nSPS) is 18.3. The Morgan fingerprint density at radius 2 is 1.96 bits per heavy atom. The second kappa shape index (κ2) is 11.2. The lowest BCUT2D eigenvalue weighted by molar-refractivity contribution is 0.0507. The van der Waals surface area contributed by atoms with Gasteiger partial charge in [0.25, 0.3) is 0 Å². The molecule has 0 aliphatic carbocycles. The Bertz CT molecular complexity index is 575. The lowest BCUT2D eigenvalue weighted by atomic mass is 10.2. The van der Waals surface area contributed by atoms with Gasteiger partial charge in [-0.2, -0.15) is 0 Å². The molecule has 1 heterocycles. The van der Waals surface area contributed by atoms with Crippen LogP contribution in [-0.2, 0) is 14.6 Å². The number of hydrogen-bond donors (Lipinski definition) is 2. The molecule has 1 aliphatic heterocycles. The van der Waals surface area contributed by atoms with Crippen LogP contribution < -0.4 is 10.6 Å². The van der Waals surface area contributed by atoms with Crippen LogP contribution in [0.2, 0.25) is 0 Å². The Kier molecular flexibility index (Phi) is 10.8. The number of nitrogens with zero attached hydrogens (tertiary/aromatic N) is 2. The fraction of sp³-hybridized carbons (Fsp3) is 0.875. The maximum Gasteiger partial charge on any atom is 0.407 e. The number of guanidine groups is 1. The van der Waals surface area contributed by atoms with E-state index in [9.17, 15) is 13.2 Å². The van der Waals surface area contributed by atoms with E-state index >= 15 is 0 Å². The first kappa shape index (κ1) is 25.2. The van der Waals surface area contributed by atoms with Gasteiger partial charge in [0, 0.05) is 25.4 Å². The third kappa shape index (κ3) is 9.79. The van der Waals surface area contributed by atoms with Crippen LogP contribution in [0.4, 0.5) is 4.79 Å². The maximum atomic E-state index is 11.9. The average molecular weight is 504 g/mol. The summed E-state index contributed by atoms with van der Waals surface area (Å²) >= 11 is 0. The molecule has 0 radical (unpaired) electrons. The van der Waals surface area contributed by atoms with Gasteiger partial charge in [0.15, 0.2) is 15.8 Å². The number of alkyl carbamates (subject to hydrolysis) is 1. The van der Waals surface area contributed by atoms with Gasteiger partial charge < -0.3 is 20.3 Å². The molecule has 1 saturated heterocycles. The molecule has 1 fully saturated rings. The highest BCUT2D eigenvalue weighted by atomic mass is 127. The molecule has 0 aromatic carbocycles. The molecular weight excluding hydrogens is 471 g/mol. The zero-order chi connectivity index (χ0) is 19.1. The Hall–Kier alpha value is -0.780. The fourth-order valence-corrected chi connectivity index (χ4v) is 3.06. The minimum absolute atomic E-state index is 0. The van der Waals surface area contributed by atoms with Gasteiger partial charge in [-0.05, 0) is 34.1 Å². The van der Waals surface area contributed by atoms with Gasteiger partial charge in [0.1, 0.15) is 5.60 Å². The predicted octanol–water partition coefficient (Wildman–Crippen LogP) is 1.60. The van der Waals surface area contributed by atoms with Crippen molar-refractivity contribution < 1.29 is 17.9 Å². The molecule has 8 nitrogen and oxygen atoms in total. The molecule has 0 saturated carbocycles. The van der Waals surface area contributed by atoms with E-state index < -0.39 is 21.5 Å². The largest absolute Gasteiger partial charge is 0.444 e. The van der Waals surface area contributed by atoms with E-state index in [4.69, 9.17) is 4.74 Å². The number of halogens is 1. The summed E-state index contributed by atoms with van der Waals surface area (Å²) in [6.07, 6.45) is 0.368. The van der Waals surface area contributed by atoms with E-state index in [1.54, 1.807) is 6.92 Å². The van der Waals surface area contributed by atoms with Gasteiger partial charge in [-0.1, -0.05) is 6.92 Å². The van der Waals surface area contributed by atoms with Gasteiger partial charge in [0.2, 0.25) is 0 Å². The van der Waals surface area contributed by atoms with E-state index in [0.29, 0.717) is 19.0 Å². The van der Waals surface area contributed by atoms with Crippen molar-refractivity contribution in [1.82, 2.24) is 15.5 Å². The van der Waals surface area contributed by atoms with E-state index in [1.807, 2.05) is 32.6 Å². The second-order valence-electron chi connectivity index (χ2n) is 7.05. The van der Waals surface area contributed by atoms with E-state index in [0.717, 1.165) is 13.0 Å². The summed E-state index contributed by atoms with van der Waals surface area (Å²) in [4.78, 5) is 18.3. The van der Waals surface area contributed by atoms with Gasteiger partial charge in [-0.15, -0.1) is 24.0 Å². The molecule has 0 bridgehead atoms. The number of hydrogen-bond acceptors (Lipinski definition) is 5. The summed E-state index contributed by atoms with van der Waals surface area (Å²) < 4.78 is 28.4. The van der Waals surface area contributed by atoms with Gasteiger partial charge >= 0.3 is 6.09 Å². The first-order chi connectivity index (χ1) is 11.6. The summed E-state index contributed by atoms with van der Waals surface area (Å²) in [7, 11) is -3.02. The van der Waals surface area contributed by atoms with Crippen LogP contribution in [0.25, 0.3) is 0 Å². The lowest BCUT2D eigenvalue weighted by Crippen LogP contribution is -2.44. The molecule has 26 heavy (non-hydrogen) atoms. The number of carbonyl (C=O) groups excluding carboxylic acids is 1.